The number of nitrogens with zero attached hydrogens (tertiary/aromatic N) is 2. The van der Waals surface area contributed by atoms with Gasteiger partial charge < -0.3 is 4.42 Å². The Bertz CT molecular complexity index is 1110. The third kappa shape index (κ3) is 5.31. The quantitative estimate of drug-likeness (QED) is 0.326. The van der Waals surface area contributed by atoms with Gasteiger partial charge in [-0.15, -0.1) is 11.8 Å². The van der Waals surface area contributed by atoms with E-state index >= 15 is 0 Å². The fourth-order valence-electron chi connectivity index (χ4n) is 2.60. The Morgan fingerprint density at radius 3 is 2.43 bits per heavy atom. The average molecular weight is 444 g/mol. The number of hydrazone groups is 1. The number of rotatable bonds is 8. The van der Waals surface area contributed by atoms with E-state index in [4.69, 9.17) is 4.42 Å². The first-order valence-electron chi connectivity index (χ1n) is 8.99. The van der Waals surface area contributed by atoms with Gasteiger partial charge in [-0.25, -0.2) is 13.8 Å². The number of carbonyl (C=O) groups excluding carboxylic acids is 1. The highest BCUT2D eigenvalue weighted by atomic mass is 32.2. The van der Waals surface area contributed by atoms with E-state index < -0.39 is 22.5 Å². The molecule has 0 aliphatic carbocycles. The van der Waals surface area contributed by atoms with Crippen LogP contribution in [0.25, 0.3) is 0 Å². The predicted octanol–water partition coefficient (Wildman–Crippen LogP) is 3.66. The zero-order valence-electron chi connectivity index (χ0n) is 16.5. The van der Waals surface area contributed by atoms with Gasteiger partial charge in [0.25, 0.3) is 15.9 Å². The molecule has 0 radical (unpaired) electrons. The summed E-state index contributed by atoms with van der Waals surface area (Å²) < 4.78 is 32.8. The van der Waals surface area contributed by atoms with Crippen LogP contribution >= 0.6 is 11.8 Å². The molecule has 30 heavy (non-hydrogen) atoms. The SMILES string of the molecule is CSc1ccc(S(=O)(=O)N(CC(=O)N/N=C\c2ccco2)c2ccc(C)cc2)cc1. The van der Waals surface area contributed by atoms with E-state index in [-0.39, 0.29) is 4.90 Å². The van der Waals surface area contributed by atoms with Crippen LogP contribution in [-0.4, -0.2) is 33.3 Å². The maximum atomic E-state index is 13.3. The topological polar surface area (TPSA) is 92.0 Å². The lowest BCUT2D eigenvalue weighted by Crippen LogP contribution is -2.39. The number of amides is 1. The molecule has 0 fully saturated rings. The zero-order valence-corrected chi connectivity index (χ0v) is 18.1. The molecule has 9 heteroatoms. The number of aryl methyl sites for hydroxylation is 1. The van der Waals surface area contributed by atoms with E-state index in [9.17, 15) is 13.2 Å². The Morgan fingerprint density at radius 1 is 1.13 bits per heavy atom. The molecule has 0 saturated carbocycles. The van der Waals surface area contributed by atoms with Gasteiger partial charge in [0.1, 0.15) is 12.3 Å². The molecule has 156 valence electrons. The van der Waals surface area contributed by atoms with E-state index in [0.717, 1.165) is 14.8 Å². The first-order chi connectivity index (χ1) is 14.4. The van der Waals surface area contributed by atoms with Crippen LogP contribution in [0, 0.1) is 6.92 Å². The molecule has 2 aromatic carbocycles. The Balaban J connectivity index is 1.86. The molecule has 0 unspecified atom stereocenters. The molecule has 0 saturated heterocycles. The number of carbonyl (C=O) groups is 1. The van der Waals surface area contributed by atoms with Crippen molar-refractivity contribution in [3.05, 3.63) is 78.3 Å². The van der Waals surface area contributed by atoms with Gasteiger partial charge in [-0.2, -0.15) is 5.10 Å². The van der Waals surface area contributed by atoms with Crippen LogP contribution in [0.1, 0.15) is 11.3 Å². The molecular formula is C21H21N3O4S2. The highest BCUT2D eigenvalue weighted by Gasteiger charge is 2.27. The van der Waals surface area contributed by atoms with E-state index in [1.807, 2.05) is 13.2 Å². The van der Waals surface area contributed by atoms with Crippen LogP contribution in [0.5, 0.6) is 0 Å². The van der Waals surface area contributed by atoms with Gasteiger partial charge in [-0.1, -0.05) is 17.7 Å². The molecule has 7 nitrogen and oxygen atoms in total. The number of furan rings is 1. The van der Waals surface area contributed by atoms with Crippen molar-refractivity contribution in [1.29, 1.82) is 0 Å². The van der Waals surface area contributed by atoms with Gasteiger partial charge in [0.15, 0.2) is 0 Å². The highest BCUT2D eigenvalue weighted by Crippen LogP contribution is 2.25. The average Bonchev–Trinajstić information content (AvgIpc) is 3.26. The zero-order chi connectivity index (χ0) is 21.6. The fourth-order valence-corrected chi connectivity index (χ4v) is 4.43. The normalized spacial score (nSPS) is 11.5. The number of anilines is 1. The second kappa shape index (κ2) is 9.64. The standard InChI is InChI=1S/C21H21N3O4S2/c1-16-5-7-17(8-6-16)24(15-21(25)23-22-14-18-4-3-13-28-18)30(26,27)20-11-9-19(29-2)10-12-20/h3-14H,15H2,1-2H3,(H,23,25)/b22-14-. The summed E-state index contributed by atoms with van der Waals surface area (Å²) in [7, 11) is -3.96. The molecule has 0 atom stereocenters. The minimum atomic E-state index is -3.96. The van der Waals surface area contributed by atoms with Gasteiger partial charge >= 0.3 is 0 Å². The lowest BCUT2D eigenvalue weighted by molar-refractivity contribution is -0.119. The molecule has 3 rings (SSSR count). The third-order valence-electron chi connectivity index (χ3n) is 4.18. The molecule has 1 aromatic heterocycles. The van der Waals surface area contributed by atoms with Crippen LogP contribution < -0.4 is 9.73 Å². The maximum Gasteiger partial charge on any atom is 0.264 e. The predicted molar refractivity (Wildman–Crippen MR) is 118 cm³/mol. The number of sulfonamides is 1. The van der Waals surface area contributed by atoms with Gasteiger partial charge in [0.2, 0.25) is 0 Å². The number of thioether (sulfide) groups is 1. The third-order valence-corrected chi connectivity index (χ3v) is 6.71. The molecule has 1 amide bonds. The van der Waals surface area contributed by atoms with Crippen LogP contribution in [0.15, 0.2) is 86.2 Å². The van der Waals surface area contributed by atoms with E-state index in [2.05, 4.69) is 10.5 Å². The van der Waals surface area contributed by atoms with Crippen molar-refractivity contribution in [2.45, 2.75) is 16.7 Å². The van der Waals surface area contributed by atoms with Crippen molar-refractivity contribution in [1.82, 2.24) is 5.43 Å². The fraction of sp³-hybridized carbons (Fsp3) is 0.143. The second-order valence-corrected chi connectivity index (χ2v) is 9.07. The molecule has 0 bridgehead atoms. The summed E-state index contributed by atoms with van der Waals surface area (Å²) in [5.41, 5.74) is 3.70. The number of benzene rings is 2. The van der Waals surface area contributed by atoms with Crippen molar-refractivity contribution >= 4 is 39.6 Å². The molecule has 0 aliphatic heterocycles. The molecule has 3 aromatic rings. The van der Waals surface area contributed by atoms with E-state index in [0.29, 0.717) is 11.4 Å². The molecule has 1 heterocycles. The maximum absolute atomic E-state index is 13.3. The Kier molecular flexibility index (Phi) is 6.96. The summed E-state index contributed by atoms with van der Waals surface area (Å²) >= 11 is 1.52. The Hall–Kier alpha value is -3.04. The van der Waals surface area contributed by atoms with Crippen molar-refractivity contribution in [3.8, 4) is 0 Å². The number of hydrogen-bond acceptors (Lipinski definition) is 6. The van der Waals surface area contributed by atoms with Crippen molar-refractivity contribution in [2.75, 3.05) is 17.1 Å². The Morgan fingerprint density at radius 2 is 1.83 bits per heavy atom. The van der Waals surface area contributed by atoms with E-state index in [1.165, 1.54) is 36.4 Å². The summed E-state index contributed by atoms with van der Waals surface area (Å²) in [5.74, 6) is -0.116. The Labute approximate surface area is 179 Å². The molecule has 0 spiro atoms. The smallest absolute Gasteiger partial charge is 0.264 e. The largest absolute Gasteiger partial charge is 0.463 e. The second-order valence-electron chi connectivity index (χ2n) is 6.33. The van der Waals surface area contributed by atoms with Crippen LogP contribution in [0.2, 0.25) is 0 Å². The van der Waals surface area contributed by atoms with Crippen molar-refractivity contribution in [2.24, 2.45) is 5.10 Å². The van der Waals surface area contributed by atoms with Crippen LogP contribution in [0.3, 0.4) is 0 Å². The highest BCUT2D eigenvalue weighted by molar-refractivity contribution is 7.98. The van der Waals surface area contributed by atoms with E-state index in [1.54, 1.807) is 48.5 Å². The van der Waals surface area contributed by atoms with Crippen molar-refractivity contribution in [3.63, 3.8) is 0 Å². The first kappa shape index (κ1) is 21.7. The summed E-state index contributed by atoms with van der Waals surface area (Å²) in [5, 5.41) is 3.81. The van der Waals surface area contributed by atoms with Gasteiger partial charge in [-0.05, 0) is 61.7 Å². The van der Waals surface area contributed by atoms with Crippen molar-refractivity contribution < 1.29 is 17.6 Å². The minimum absolute atomic E-state index is 0.104. The molecule has 0 aliphatic rings. The summed E-state index contributed by atoms with van der Waals surface area (Å²) in [4.78, 5) is 13.5. The first-order valence-corrected chi connectivity index (χ1v) is 11.7. The summed E-state index contributed by atoms with van der Waals surface area (Å²) in [6.45, 7) is 1.48. The monoisotopic (exact) mass is 443 g/mol. The van der Waals surface area contributed by atoms with Gasteiger partial charge in [0.05, 0.1) is 23.1 Å². The number of nitrogens with one attached hydrogen (secondary N) is 1. The van der Waals surface area contributed by atoms with Crippen LogP contribution in [0.4, 0.5) is 5.69 Å². The van der Waals surface area contributed by atoms with Gasteiger partial charge in [0, 0.05) is 4.90 Å². The lowest BCUT2D eigenvalue weighted by atomic mass is 10.2. The molecule has 1 N–H and O–H groups in total. The minimum Gasteiger partial charge on any atom is -0.463 e. The summed E-state index contributed by atoms with van der Waals surface area (Å²) in [6, 6.07) is 16.8. The number of hydrogen-bond donors (Lipinski definition) is 1. The summed E-state index contributed by atoms with van der Waals surface area (Å²) in [6.07, 6.45) is 4.73. The molecular weight excluding hydrogens is 422 g/mol. The van der Waals surface area contributed by atoms with Gasteiger partial charge in [-0.3, -0.25) is 9.10 Å². The lowest BCUT2D eigenvalue weighted by Gasteiger charge is -2.24. The van der Waals surface area contributed by atoms with Crippen LogP contribution in [-0.2, 0) is 14.8 Å².